The second-order valence-electron chi connectivity index (χ2n) is 33.2. The van der Waals surface area contributed by atoms with Crippen LogP contribution in [0.25, 0.3) is 0 Å². The average molecular weight is 1160 g/mol. The van der Waals surface area contributed by atoms with Gasteiger partial charge in [0.1, 0.15) is 5.78 Å². The molecule has 10 aliphatic rings. The molecular formula is C69H123N3O7Si2. The van der Waals surface area contributed by atoms with Crippen LogP contribution in [0.15, 0.2) is 0 Å². The molecule has 0 spiro atoms. The topological polar surface area (TPSA) is 157 Å². The molecule has 0 aromatic carbocycles. The maximum atomic E-state index is 12.6. The zero-order valence-electron chi connectivity index (χ0n) is 54.7. The number of ketones is 1. The minimum Gasteiger partial charge on any atom is -0.481 e. The summed E-state index contributed by atoms with van der Waals surface area (Å²) < 4.78 is 14.6. The molecule has 464 valence electrons. The van der Waals surface area contributed by atoms with Gasteiger partial charge in [-0.05, 0) is 271 Å². The summed E-state index contributed by atoms with van der Waals surface area (Å²) in [6, 6.07) is 0. The number of hydrazine groups is 1. The number of hydrogen-bond donors (Lipinski definition) is 4. The fraction of sp³-hybridized carbons (Fsp3) is 0.942. The van der Waals surface area contributed by atoms with Gasteiger partial charge in [0.2, 0.25) is 11.8 Å². The van der Waals surface area contributed by atoms with Crippen molar-refractivity contribution in [2.24, 2.45) is 134 Å². The fourth-order valence-corrected chi connectivity index (χ4v) is 24.0. The van der Waals surface area contributed by atoms with E-state index in [1.165, 1.54) is 103 Å². The first-order valence-corrected chi connectivity index (χ1v) is 41.1. The molecule has 12 heteroatoms. The molecule has 5 N–H and O–H groups in total. The molecule has 0 aliphatic heterocycles. The van der Waals surface area contributed by atoms with Crippen molar-refractivity contribution in [1.29, 1.82) is 0 Å². The largest absolute Gasteiger partial charge is 0.481 e. The van der Waals surface area contributed by atoms with Crippen molar-refractivity contribution in [2.75, 3.05) is 6.54 Å². The number of hydrogen-bond acceptors (Lipinski definition) is 7. The zero-order chi connectivity index (χ0) is 59.4. The van der Waals surface area contributed by atoms with E-state index in [1.807, 2.05) is 0 Å². The van der Waals surface area contributed by atoms with E-state index in [2.05, 4.69) is 119 Å². The van der Waals surface area contributed by atoms with Crippen molar-refractivity contribution in [3.8, 4) is 0 Å². The SMILES string of the molecule is CC[C@H]1[C@@H](O[Si](C)(C)C)[C@@H]2[C@H](CC[C@]3(C)[C@@H]([C@H](C)CCC(=O)NNC(=O)C4CC4)CC[C@@H]23)[C@@]2(C)CC[C@@H](C)C[C@@H]12.CC[C@H]1[C@@H](O[Si](C)(C)C)[C@@H]2[C@H](CC[C@]3(C)[C@@H]([C@H](C)CCC(=O)O)CC[C@@H]23)[C@@]2(C)CC[C@@H](C)C[C@@H]12.NCC(=O)C1CC1. The Bertz CT molecular complexity index is 2170. The lowest BCUT2D eigenvalue weighted by Crippen LogP contribution is -2.63. The van der Waals surface area contributed by atoms with Crippen LogP contribution in [0.2, 0.25) is 39.3 Å². The normalized spacial score (nSPS) is 43.2. The van der Waals surface area contributed by atoms with Crippen molar-refractivity contribution in [3.05, 3.63) is 0 Å². The maximum absolute atomic E-state index is 12.6. The summed E-state index contributed by atoms with van der Waals surface area (Å²) in [6.07, 6.45) is 29.0. The second-order valence-corrected chi connectivity index (χ2v) is 42.2. The van der Waals surface area contributed by atoms with Gasteiger partial charge in [0.25, 0.3) is 0 Å². The van der Waals surface area contributed by atoms with Crippen LogP contribution < -0.4 is 16.6 Å². The molecule has 0 bridgehead atoms. The van der Waals surface area contributed by atoms with Crippen molar-refractivity contribution in [3.63, 3.8) is 0 Å². The lowest BCUT2D eigenvalue weighted by Gasteiger charge is -2.66. The van der Waals surface area contributed by atoms with Gasteiger partial charge < -0.3 is 19.7 Å². The van der Waals surface area contributed by atoms with Crippen LogP contribution in [0.3, 0.4) is 0 Å². The van der Waals surface area contributed by atoms with Crippen molar-refractivity contribution in [2.45, 2.75) is 275 Å². The number of rotatable bonds is 17. The molecule has 22 atom stereocenters. The van der Waals surface area contributed by atoms with Crippen LogP contribution in [-0.2, 0) is 28.0 Å². The van der Waals surface area contributed by atoms with E-state index in [0.717, 1.165) is 85.9 Å². The molecule has 0 saturated heterocycles. The monoisotopic (exact) mass is 1160 g/mol. The van der Waals surface area contributed by atoms with Crippen LogP contribution >= 0.6 is 0 Å². The molecule has 0 aromatic rings. The first-order chi connectivity index (χ1) is 37.9. The number of nitrogens with one attached hydrogen (secondary N) is 2. The summed E-state index contributed by atoms with van der Waals surface area (Å²) in [5.41, 5.74) is 12.0. The molecule has 0 radical (unpaired) electrons. The molecule has 2 amide bonds. The number of carboxylic acids is 1. The van der Waals surface area contributed by atoms with Crippen LogP contribution in [0.4, 0.5) is 0 Å². The fourth-order valence-electron chi connectivity index (χ4n) is 21.7. The number of carboxylic acid groups (broad SMARTS) is 1. The predicted molar refractivity (Wildman–Crippen MR) is 335 cm³/mol. The Morgan fingerprint density at radius 2 is 0.938 bits per heavy atom. The van der Waals surface area contributed by atoms with E-state index in [-0.39, 0.29) is 30.1 Å². The highest BCUT2D eigenvalue weighted by atomic mass is 28.4. The van der Waals surface area contributed by atoms with E-state index in [9.17, 15) is 24.3 Å². The number of aliphatic carboxylic acids is 1. The molecular weight excluding hydrogens is 1040 g/mol. The first-order valence-electron chi connectivity index (χ1n) is 34.3. The van der Waals surface area contributed by atoms with Crippen LogP contribution in [0.5, 0.6) is 0 Å². The van der Waals surface area contributed by atoms with Gasteiger partial charge in [0.15, 0.2) is 16.6 Å². The minimum absolute atomic E-state index is 0.0272. The number of carbonyl (C=O) groups is 4. The van der Waals surface area contributed by atoms with Gasteiger partial charge >= 0.3 is 5.97 Å². The van der Waals surface area contributed by atoms with Crippen LogP contribution in [-0.4, -0.2) is 64.1 Å². The van der Waals surface area contributed by atoms with Gasteiger partial charge in [0, 0.05) is 24.7 Å². The Kier molecular flexibility index (Phi) is 20.7. The van der Waals surface area contributed by atoms with E-state index >= 15 is 0 Å². The Labute approximate surface area is 497 Å². The van der Waals surface area contributed by atoms with Gasteiger partial charge in [0.05, 0.1) is 18.8 Å². The lowest BCUT2D eigenvalue weighted by molar-refractivity contribution is -0.193. The summed E-state index contributed by atoms with van der Waals surface area (Å²) in [6.45, 7) is 39.9. The van der Waals surface area contributed by atoms with E-state index in [1.54, 1.807) is 0 Å². The maximum Gasteiger partial charge on any atom is 0.303 e. The number of Topliss-reactive ketones (excluding diaryl/α,β-unsaturated/α-hetero) is 1. The lowest BCUT2D eigenvalue weighted by atomic mass is 9.41. The summed E-state index contributed by atoms with van der Waals surface area (Å²) in [4.78, 5) is 46.2. The molecule has 10 nitrogen and oxygen atoms in total. The van der Waals surface area contributed by atoms with Gasteiger partial charge in [-0.15, -0.1) is 0 Å². The third kappa shape index (κ3) is 13.9. The highest BCUT2D eigenvalue weighted by Gasteiger charge is 2.67. The molecule has 0 aromatic heterocycles. The highest BCUT2D eigenvalue weighted by molar-refractivity contribution is 6.70. The molecule has 10 aliphatic carbocycles. The Hall–Kier alpha value is -1.61. The average Bonchev–Trinajstić information content (AvgIpc) is 4.53. The molecule has 81 heavy (non-hydrogen) atoms. The molecule has 10 fully saturated rings. The minimum atomic E-state index is -1.70. The standard InChI is InChI=1S/C34H60N2O3Si.C30H54O3Si.C5H9NO/c1-9-24-28-20-21(2)16-18-34(28,5)27-17-19-33(4)25(13-14-26(33)30(27)31(24)39-40(6,7)8)22(3)10-15-29(37)35-36-32(38)23-11-12-23;1-9-21-25-18-19(2)14-16-30(25,5)24-15-17-29(4)22(20(3)10-13-26(31)32)11-12-23(29)27(24)28(21)33-34(6,7)8;6-3-5(7)4-1-2-4/h21-28,30-31H,9-20H2,1-8H3,(H,35,37)(H,36,38);19-25,27-28H,9-18H2,1-8H3,(H,31,32);4H,1-3,6H2/t21-,22-,24-,25-,26+,27+,28+,30+,31-,33-,34-;19-,20-,21-,22-,23+,24+,25+,27+,28-,29-,30-;/m11./s1. The van der Waals surface area contributed by atoms with Gasteiger partial charge in [-0.25, -0.2) is 0 Å². The Balaban J connectivity index is 0.000000191. The second kappa shape index (κ2) is 25.6. The Morgan fingerprint density at radius 3 is 1.30 bits per heavy atom. The van der Waals surface area contributed by atoms with Crippen molar-refractivity contribution >= 4 is 40.2 Å². The summed E-state index contributed by atoms with van der Waals surface area (Å²) in [7, 11) is -3.38. The molecule has 10 saturated carbocycles. The van der Waals surface area contributed by atoms with E-state index in [0.29, 0.717) is 100.0 Å². The summed E-state index contributed by atoms with van der Waals surface area (Å²) in [5, 5.41) is 9.30. The number of fused-ring (bicyclic) bond motifs is 10. The van der Waals surface area contributed by atoms with E-state index in [4.69, 9.17) is 14.6 Å². The third-order valence-corrected chi connectivity index (χ3v) is 27.9. The van der Waals surface area contributed by atoms with E-state index < -0.39 is 22.6 Å². The summed E-state index contributed by atoms with van der Waals surface area (Å²) >= 11 is 0. The Morgan fingerprint density at radius 1 is 0.543 bits per heavy atom. The highest BCUT2D eigenvalue weighted by Crippen LogP contribution is 2.72. The van der Waals surface area contributed by atoms with Crippen molar-refractivity contribution < 1.29 is 33.1 Å². The molecule has 0 unspecified atom stereocenters. The summed E-state index contributed by atoms with van der Waals surface area (Å²) in [5.74, 6) is 11.5. The van der Waals surface area contributed by atoms with Gasteiger partial charge in [-0.3, -0.25) is 30.0 Å². The zero-order valence-corrected chi connectivity index (χ0v) is 56.7. The molecule has 10 rings (SSSR count). The molecule has 0 heterocycles. The van der Waals surface area contributed by atoms with Crippen LogP contribution in [0.1, 0.15) is 223 Å². The quantitative estimate of drug-likeness (QED) is 0.0828. The first kappa shape index (κ1) is 65.4. The van der Waals surface area contributed by atoms with Crippen LogP contribution in [0, 0.1) is 128 Å². The van der Waals surface area contributed by atoms with Crippen molar-refractivity contribution in [1.82, 2.24) is 10.9 Å². The smallest absolute Gasteiger partial charge is 0.303 e. The predicted octanol–water partition coefficient (Wildman–Crippen LogP) is 15.9. The van der Waals surface area contributed by atoms with Gasteiger partial charge in [-0.2, -0.15) is 0 Å². The number of nitrogens with two attached hydrogens (primary N) is 1. The number of carbonyl (C=O) groups excluding carboxylic acids is 3. The third-order valence-electron chi connectivity index (χ3n) is 25.9. The number of amides is 2. The van der Waals surface area contributed by atoms with Gasteiger partial charge in [-0.1, -0.05) is 94.9 Å².